The molecule has 0 bridgehead atoms. The van der Waals surface area contributed by atoms with Crippen LogP contribution in [0, 0.1) is 29.9 Å². The van der Waals surface area contributed by atoms with Gasteiger partial charge in [0.15, 0.2) is 0 Å². The van der Waals surface area contributed by atoms with Crippen molar-refractivity contribution in [1.29, 1.82) is 5.26 Å². The van der Waals surface area contributed by atoms with Gasteiger partial charge in [-0.1, -0.05) is 11.6 Å². The fourth-order valence-electron chi connectivity index (χ4n) is 1.51. The zero-order chi connectivity index (χ0) is 14.0. The molecule has 19 heavy (non-hydrogen) atoms. The zero-order valence-electron chi connectivity index (χ0n) is 9.84. The largest absolute Gasteiger partial charge is 0.338 e. The van der Waals surface area contributed by atoms with Crippen LogP contribution in [-0.2, 0) is 0 Å². The molecule has 1 aromatic heterocycles. The van der Waals surface area contributed by atoms with E-state index in [9.17, 15) is 8.78 Å². The number of anilines is 2. The highest BCUT2D eigenvalue weighted by molar-refractivity contribution is 6.29. The number of pyridine rings is 1. The maximum atomic E-state index is 13.6. The van der Waals surface area contributed by atoms with Crippen molar-refractivity contribution in [3.05, 3.63) is 52.2 Å². The van der Waals surface area contributed by atoms with Crippen LogP contribution in [0.15, 0.2) is 24.3 Å². The first-order valence-electron chi connectivity index (χ1n) is 5.30. The first-order chi connectivity index (χ1) is 8.99. The monoisotopic (exact) mass is 279 g/mol. The van der Waals surface area contributed by atoms with Crippen LogP contribution in [0.5, 0.6) is 0 Å². The summed E-state index contributed by atoms with van der Waals surface area (Å²) in [6, 6.07) is 6.77. The normalized spacial score (nSPS) is 10.1. The number of halogens is 3. The van der Waals surface area contributed by atoms with Gasteiger partial charge in [0.2, 0.25) is 0 Å². The Morgan fingerprint density at radius 2 is 1.95 bits per heavy atom. The molecule has 2 rings (SSSR count). The van der Waals surface area contributed by atoms with Gasteiger partial charge in [0.1, 0.15) is 22.6 Å². The van der Waals surface area contributed by atoms with E-state index in [0.29, 0.717) is 0 Å². The highest BCUT2D eigenvalue weighted by Crippen LogP contribution is 2.23. The Labute approximate surface area is 113 Å². The van der Waals surface area contributed by atoms with Crippen molar-refractivity contribution >= 4 is 23.1 Å². The minimum absolute atomic E-state index is 0.0678. The van der Waals surface area contributed by atoms with Crippen LogP contribution >= 0.6 is 11.6 Å². The van der Waals surface area contributed by atoms with E-state index in [0.717, 1.165) is 12.1 Å². The predicted octanol–water partition coefficient (Wildman–Crippen LogP) is 3.94. The lowest BCUT2D eigenvalue weighted by Crippen LogP contribution is -1.99. The van der Waals surface area contributed by atoms with Crippen molar-refractivity contribution in [3.8, 4) is 6.07 Å². The minimum atomic E-state index is -0.612. The van der Waals surface area contributed by atoms with Crippen LogP contribution in [0.2, 0.25) is 5.15 Å². The molecule has 0 aliphatic heterocycles. The average Bonchev–Trinajstić information content (AvgIpc) is 2.35. The summed E-state index contributed by atoms with van der Waals surface area (Å²) >= 11 is 5.72. The number of aromatic nitrogens is 1. The van der Waals surface area contributed by atoms with Crippen LogP contribution in [0.3, 0.4) is 0 Å². The maximum absolute atomic E-state index is 13.6. The number of hydrogen-bond acceptors (Lipinski definition) is 3. The van der Waals surface area contributed by atoms with Crippen molar-refractivity contribution in [2.45, 2.75) is 6.92 Å². The Morgan fingerprint density at radius 1 is 1.21 bits per heavy atom. The molecule has 2 aromatic rings. The first-order valence-corrected chi connectivity index (χ1v) is 5.68. The van der Waals surface area contributed by atoms with Crippen molar-refractivity contribution in [3.63, 3.8) is 0 Å². The number of hydrogen-bond donors (Lipinski definition) is 1. The Kier molecular flexibility index (Phi) is 3.63. The van der Waals surface area contributed by atoms with Crippen LogP contribution in [0.1, 0.15) is 11.1 Å². The van der Waals surface area contributed by atoms with Crippen molar-refractivity contribution in [1.82, 2.24) is 4.98 Å². The Bertz CT molecular complexity index is 680. The van der Waals surface area contributed by atoms with E-state index in [-0.39, 0.29) is 27.8 Å². The fourth-order valence-corrected chi connectivity index (χ4v) is 1.71. The van der Waals surface area contributed by atoms with Crippen LogP contribution in [0.4, 0.5) is 20.3 Å². The van der Waals surface area contributed by atoms with E-state index in [1.165, 1.54) is 19.1 Å². The summed E-state index contributed by atoms with van der Waals surface area (Å²) in [7, 11) is 0. The molecule has 0 amide bonds. The summed E-state index contributed by atoms with van der Waals surface area (Å²) in [6.07, 6.45) is 0. The molecule has 3 nitrogen and oxygen atoms in total. The van der Waals surface area contributed by atoms with Gasteiger partial charge in [0.05, 0.1) is 17.3 Å². The van der Waals surface area contributed by atoms with E-state index >= 15 is 0 Å². The summed E-state index contributed by atoms with van der Waals surface area (Å²) in [5, 5.41) is 11.5. The van der Waals surface area contributed by atoms with Gasteiger partial charge in [-0.3, -0.25) is 0 Å². The molecular formula is C13H8ClF2N3. The molecule has 1 heterocycles. The van der Waals surface area contributed by atoms with E-state index < -0.39 is 11.6 Å². The van der Waals surface area contributed by atoms with E-state index in [4.69, 9.17) is 16.9 Å². The smallest absolute Gasteiger partial charge is 0.147 e. The number of nitriles is 1. The van der Waals surface area contributed by atoms with Gasteiger partial charge in [0.25, 0.3) is 0 Å². The number of rotatable bonds is 2. The van der Waals surface area contributed by atoms with Gasteiger partial charge in [-0.15, -0.1) is 0 Å². The van der Waals surface area contributed by atoms with Crippen LogP contribution in [0.25, 0.3) is 0 Å². The van der Waals surface area contributed by atoms with Gasteiger partial charge in [-0.05, 0) is 30.7 Å². The molecule has 0 saturated heterocycles. The maximum Gasteiger partial charge on any atom is 0.147 e. The van der Waals surface area contributed by atoms with E-state index in [1.807, 2.05) is 6.07 Å². The van der Waals surface area contributed by atoms with Gasteiger partial charge in [-0.2, -0.15) is 5.26 Å². The number of nitrogens with zero attached hydrogens (tertiary/aromatic N) is 2. The molecule has 0 spiro atoms. The third kappa shape index (κ3) is 2.98. The molecule has 0 fully saturated rings. The molecule has 96 valence electrons. The van der Waals surface area contributed by atoms with Crippen molar-refractivity contribution < 1.29 is 8.78 Å². The fraction of sp³-hybridized carbons (Fsp3) is 0.0769. The standard InChI is InChI=1S/C13H8ClF2N3/c1-7-2-10(16)11(5-9(7)15)18-13-4-8(6-17)3-12(14)19-13/h2-5H,1H3,(H,18,19). The molecule has 0 unspecified atom stereocenters. The number of aryl methyl sites for hydroxylation is 1. The second-order valence-electron chi connectivity index (χ2n) is 3.88. The van der Waals surface area contributed by atoms with E-state index in [1.54, 1.807) is 0 Å². The van der Waals surface area contributed by atoms with Gasteiger partial charge < -0.3 is 5.32 Å². The summed E-state index contributed by atoms with van der Waals surface area (Å²) in [4.78, 5) is 3.88. The SMILES string of the molecule is Cc1cc(F)c(Nc2cc(C#N)cc(Cl)n2)cc1F. The predicted molar refractivity (Wildman–Crippen MR) is 68.3 cm³/mol. The molecule has 6 heteroatoms. The lowest BCUT2D eigenvalue weighted by atomic mass is 10.2. The lowest BCUT2D eigenvalue weighted by Gasteiger charge is -2.08. The summed E-state index contributed by atoms with van der Waals surface area (Å²) in [5.41, 5.74) is 0.414. The molecule has 0 aliphatic carbocycles. The molecule has 0 aliphatic rings. The Hall–Kier alpha value is -2.19. The highest BCUT2D eigenvalue weighted by Gasteiger charge is 2.09. The Balaban J connectivity index is 2.39. The van der Waals surface area contributed by atoms with E-state index in [2.05, 4.69) is 10.3 Å². The third-order valence-electron chi connectivity index (χ3n) is 2.43. The average molecular weight is 280 g/mol. The van der Waals surface area contributed by atoms with Gasteiger partial charge >= 0.3 is 0 Å². The van der Waals surface area contributed by atoms with Crippen molar-refractivity contribution in [2.24, 2.45) is 0 Å². The molecule has 0 saturated carbocycles. The highest BCUT2D eigenvalue weighted by atomic mass is 35.5. The molecular weight excluding hydrogens is 272 g/mol. The number of benzene rings is 1. The Morgan fingerprint density at radius 3 is 2.63 bits per heavy atom. The van der Waals surface area contributed by atoms with Gasteiger partial charge in [0, 0.05) is 6.07 Å². The first kappa shape index (κ1) is 13.2. The van der Waals surface area contributed by atoms with Crippen LogP contribution < -0.4 is 5.32 Å². The lowest BCUT2D eigenvalue weighted by molar-refractivity contribution is 0.595. The second-order valence-corrected chi connectivity index (χ2v) is 4.27. The van der Waals surface area contributed by atoms with Gasteiger partial charge in [-0.25, -0.2) is 13.8 Å². The van der Waals surface area contributed by atoms with Crippen LogP contribution in [-0.4, -0.2) is 4.98 Å². The quantitative estimate of drug-likeness (QED) is 0.847. The molecule has 1 N–H and O–H groups in total. The molecule has 1 aromatic carbocycles. The summed E-state index contributed by atoms with van der Waals surface area (Å²) in [5.74, 6) is -0.975. The molecule has 0 atom stereocenters. The minimum Gasteiger partial charge on any atom is -0.338 e. The second kappa shape index (κ2) is 5.21. The van der Waals surface area contributed by atoms with Crippen molar-refractivity contribution in [2.75, 3.05) is 5.32 Å². The topological polar surface area (TPSA) is 48.7 Å². The molecule has 0 radical (unpaired) electrons. The zero-order valence-corrected chi connectivity index (χ0v) is 10.6. The third-order valence-corrected chi connectivity index (χ3v) is 2.63. The summed E-state index contributed by atoms with van der Waals surface area (Å²) < 4.78 is 27.0. The number of nitrogens with one attached hydrogen (secondary N) is 1. The summed E-state index contributed by atoms with van der Waals surface area (Å²) in [6.45, 7) is 1.47.